The average Bonchev–Trinajstić information content (AvgIpc) is 3.53. The van der Waals surface area contributed by atoms with Gasteiger partial charge in [0.05, 0.1) is 25.3 Å². The summed E-state index contributed by atoms with van der Waals surface area (Å²) in [6, 6.07) is 24.0. The summed E-state index contributed by atoms with van der Waals surface area (Å²) in [7, 11) is 0. The van der Waals surface area contributed by atoms with Gasteiger partial charge in [0.25, 0.3) is 0 Å². The second-order valence-corrected chi connectivity index (χ2v) is 9.63. The first kappa shape index (κ1) is 23.9. The molecule has 0 aliphatic carbocycles. The number of carboxylic acids is 1. The third-order valence-electron chi connectivity index (χ3n) is 6.07. The first-order valence-electron chi connectivity index (χ1n) is 12.0. The molecule has 6 nitrogen and oxygen atoms in total. The molecule has 0 amide bonds. The van der Waals surface area contributed by atoms with Crippen molar-refractivity contribution in [2.75, 3.05) is 13.2 Å². The summed E-state index contributed by atoms with van der Waals surface area (Å²) in [5.41, 5.74) is 4.26. The van der Waals surface area contributed by atoms with E-state index in [1.54, 1.807) is 11.3 Å². The lowest BCUT2D eigenvalue weighted by Crippen LogP contribution is -2.07. The fourth-order valence-electron chi connectivity index (χ4n) is 4.21. The van der Waals surface area contributed by atoms with Crippen molar-refractivity contribution in [1.29, 1.82) is 0 Å². The Morgan fingerprint density at radius 3 is 2.64 bits per heavy atom. The smallest absolute Gasteiger partial charge is 0.304 e. The standard InChI is InChI=1S/C29H27NO5S/c31-29(32)15-22-17-35-27-16-24(12-13-25(22)27)33-14-4-5-20-8-10-23(11-9-20)34-18-28-30-26(19-36-28)21-6-2-1-3-7-21/h1-3,6-13,16,19,22H,4-5,14-15,17-18H2,(H,31,32). The van der Waals surface area contributed by atoms with Gasteiger partial charge in [0, 0.05) is 28.5 Å². The summed E-state index contributed by atoms with van der Waals surface area (Å²) in [5, 5.41) is 12.0. The van der Waals surface area contributed by atoms with Crippen molar-refractivity contribution < 1.29 is 24.1 Å². The minimum Gasteiger partial charge on any atom is -0.493 e. The van der Waals surface area contributed by atoms with Crippen LogP contribution >= 0.6 is 11.3 Å². The summed E-state index contributed by atoms with van der Waals surface area (Å²) >= 11 is 1.61. The van der Waals surface area contributed by atoms with Gasteiger partial charge in [0.2, 0.25) is 0 Å². The number of carboxylic acid groups (broad SMARTS) is 1. The maximum absolute atomic E-state index is 11.0. The first-order valence-corrected chi connectivity index (χ1v) is 12.8. The van der Waals surface area contributed by atoms with Crippen LogP contribution in [-0.4, -0.2) is 29.3 Å². The molecule has 184 valence electrons. The van der Waals surface area contributed by atoms with Crippen LogP contribution in [-0.2, 0) is 17.8 Å². The van der Waals surface area contributed by atoms with Gasteiger partial charge in [-0.25, -0.2) is 4.98 Å². The number of aromatic nitrogens is 1. The van der Waals surface area contributed by atoms with Crippen LogP contribution in [0.25, 0.3) is 11.3 Å². The van der Waals surface area contributed by atoms with Crippen molar-refractivity contribution in [3.05, 3.63) is 94.3 Å². The lowest BCUT2D eigenvalue weighted by atomic mass is 9.98. The SMILES string of the molecule is O=C(O)CC1COc2cc(OCCCc3ccc(OCc4nc(-c5ccccc5)cs4)cc3)ccc21. The van der Waals surface area contributed by atoms with Crippen molar-refractivity contribution in [3.63, 3.8) is 0 Å². The van der Waals surface area contributed by atoms with Crippen molar-refractivity contribution in [1.82, 2.24) is 4.98 Å². The van der Waals surface area contributed by atoms with E-state index < -0.39 is 5.97 Å². The van der Waals surface area contributed by atoms with Crippen LogP contribution in [0.5, 0.6) is 17.2 Å². The van der Waals surface area contributed by atoms with Gasteiger partial charge < -0.3 is 19.3 Å². The molecule has 5 rings (SSSR count). The van der Waals surface area contributed by atoms with Crippen LogP contribution in [0, 0.1) is 0 Å². The lowest BCUT2D eigenvalue weighted by molar-refractivity contribution is -0.137. The zero-order valence-corrected chi connectivity index (χ0v) is 20.6. The third-order valence-corrected chi connectivity index (χ3v) is 6.89. The molecule has 1 aliphatic heterocycles. The molecular weight excluding hydrogens is 474 g/mol. The molecule has 0 bridgehead atoms. The Kier molecular flexibility index (Phi) is 7.47. The monoisotopic (exact) mass is 501 g/mol. The summed E-state index contributed by atoms with van der Waals surface area (Å²) < 4.78 is 17.5. The average molecular weight is 502 g/mol. The van der Waals surface area contributed by atoms with E-state index in [9.17, 15) is 4.79 Å². The maximum Gasteiger partial charge on any atom is 0.304 e. The highest BCUT2D eigenvalue weighted by Crippen LogP contribution is 2.38. The highest BCUT2D eigenvalue weighted by molar-refractivity contribution is 7.09. The lowest BCUT2D eigenvalue weighted by Gasteiger charge is -2.09. The minimum atomic E-state index is -0.812. The molecule has 4 aromatic rings. The number of hydrogen-bond acceptors (Lipinski definition) is 6. The van der Waals surface area contributed by atoms with Crippen LogP contribution in [0.4, 0.5) is 0 Å². The van der Waals surface area contributed by atoms with E-state index in [0.717, 1.165) is 51.9 Å². The maximum atomic E-state index is 11.0. The Hall–Kier alpha value is -3.84. The Morgan fingerprint density at radius 2 is 1.83 bits per heavy atom. The number of fused-ring (bicyclic) bond motifs is 1. The predicted molar refractivity (Wildman–Crippen MR) is 139 cm³/mol. The molecule has 0 saturated carbocycles. The molecule has 2 heterocycles. The van der Waals surface area contributed by atoms with E-state index in [1.807, 2.05) is 48.5 Å². The van der Waals surface area contributed by atoms with Gasteiger partial charge >= 0.3 is 5.97 Å². The quantitative estimate of drug-likeness (QED) is 0.241. The number of hydrogen-bond donors (Lipinski definition) is 1. The highest BCUT2D eigenvalue weighted by atomic mass is 32.1. The topological polar surface area (TPSA) is 77.9 Å². The number of benzene rings is 3. The Bertz CT molecular complexity index is 1300. The van der Waals surface area contributed by atoms with Gasteiger partial charge in [-0.1, -0.05) is 48.5 Å². The van der Waals surface area contributed by atoms with Crippen LogP contribution in [0.2, 0.25) is 0 Å². The van der Waals surface area contributed by atoms with E-state index in [2.05, 4.69) is 34.6 Å². The molecule has 0 spiro atoms. The van der Waals surface area contributed by atoms with E-state index in [0.29, 0.717) is 19.8 Å². The van der Waals surface area contributed by atoms with E-state index in [1.165, 1.54) is 5.56 Å². The summed E-state index contributed by atoms with van der Waals surface area (Å²) in [6.45, 7) is 1.44. The molecule has 1 atom stereocenters. The molecule has 0 fully saturated rings. The van der Waals surface area contributed by atoms with Crippen LogP contribution < -0.4 is 14.2 Å². The Morgan fingerprint density at radius 1 is 1.03 bits per heavy atom. The fourth-order valence-corrected chi connectivity index (χ4v) is 4.92. The predicted octanol–water partition coefficient (Wildman–Crippen LogP) is 6.35. The molecule has 1 aliphatic rings. The van der Waals surface area contributed by atoms with Gasteiger partial charge in [-0.05, 0) is 36.6 Å². The normalized spacial score (nSPS) is 14.2. The van der Waals surface area contributed by atoms with Gasteiger partial charge in [0.1, 0.15) is 28.9 Å². The molecule has 1 N–H and O–H groups in total. The van der Waals surface area contributed by atoms with Crippen LogP contribution in [0.15, 0.2) is 78.2 Å². The number of carbonyl (C=O) groups is 1. The Labute approximate surface area is 214 Å². The minimum absolute atomic E-state index is 0.0805. The van der Waals surface area contributed by atoms with Crippen molar-refractivity contribution in [2.45, 2.75) is 31.8 Å². The van der Waals surface area contributed by atoms with Crippen molar-refractivity contribution >= 4 is 17.3 Å². The number of aryl methyl sites for hydroxylation is 1. The molecule has 3 aromatic carbocycles. The van der Waals surface area contributed by atoms with E-state index in [4.69, 9.17) is 19.3 Å². The van der Waals surface area contributed by atoms with Gasteiger partial charge in [-0.2, -0.15) is 0 Å². The van der Waals surface area contributed by atoms with E-state index >= 15 is 0 Å². The van der Waals surface area contributed by atoms with E-state index in [-0.39, 0.29) is 12.3 Å². The second kappa shape index (κ2) is 11.3. The molecule has 1 aromatic heterocycles. The van der Waals surface area contributed by atoms with Crippen LogP contribution in [0.3, 0.4) is 0 Å². The molecule has 1 unspecified atom stereocenters. The number of rotatable bonds is 11. The summed E-state index contributed by atoms with van der Waals surface area (Å²) in [5.74, 6) is 1.39. The van der Waals surface area contributed by atoms with Gasteiger partial charge in [-0.3, -0.25) is 4.79 Å². The number of aliphatic carboxylic acids is 1. The van der Waals surface area contributed by atoms with Crippen molar-refractivity contribution in [2.24, 2.45) is 0 Å². The summed E-state index contributed by atoms with van der Waals surface area (Å²) in [4.78, 5) is 15.7. The first-order chi connectivity index (χ1) is 17.6. The zero-order chi connectivity index (χ0) is 24.7. The molecule has 0 radical (unpaired) electrons. The van der Waals surface area contributed by atoms with Gasteiger partial charge in [-0.15, -0.1) is 11.3 Å². The Balaban J connectivity index is 1.05. The molecule has 7 heteroatoms. The zero-order valence-electron chi connectivity index (χ0n) is 19.8. The summed E-state index contributed by atoms with van der Waals surface area (Å²) in [6.07, 6.45) is 1.85. The molecular formula is C29H27NO5S. The second-order valence-electron chi connectivity index (χ2n) is 8.68. The number of ether oxygens (including phenoxy) is 3. The highest BCUT2D eigenvalue weighted by Gasteiger charge is 2.26. The number of thiazole rings is 1. The van der Waals surface area contributed by atoms with Crippen LogP contribution in [0.1, 0.15) is 34.9 Å². The van der Waals surface area contributed by atoms with Gasteiger partial charge in [0.15, 0.2) is 0 Å². The third kappa shape index (κ3) is 6.04. The molecule has 0 saturated heterocycles. The largest absolute Gasteiger partial charge is 0.493 e. The molecule has 36 heavy (non-hydrogen) atoms. The number of nitrogens with zero attached hydrogens (tertiary/aromatic N) is 1. The fraction of sp³-hybridized carbons (Fsp3) is 0.241. The van der Waals surface area contributed by atoms with Crippen molar-refractivity contribution in [3.8, 4) is 28.5 Å².